The van der Waals surface area contributed by atoms with Gasteiger partial charge in [0.25, 0.3) is 0 Å². The molecule has 1 unspecified atom stereocenters. The number of aliphatic hydroxyl groups is 1. The van der Waals surface area contributed by atoms with Crippen LogP contribution in [-0.4, -0.2) is 23.2 Å². The minimum atomic E-state index is -0.411. The van der Waals surface area contributed by atoms with Crippen LogP contribution in [0.2, 0.25) is 0 Å². The van der Waals surface area contributed by atoms with Crippen LogP contribution < -0.4 is 4.90 Å². The van der Waals surface area contributed by atoms with E-state index in [0.29, 0.717) is 0 Å². The summed E-state index contributed by atoms with van der Waals surface area (Å²) in [7, 11) is 0. The van der Waals surface area contributed by atoms with Crippen molar-refractivity contribution in [2.75, 3.05) is 18.0 Å². The molecule has 0 spiro atoms. The van der Waals surface area contributed by atoms with Crippen LogP contribution in [0.4, 0.5) is 5.82 Å². The van der Waals surface area contributed by atoms with E-state index in [0.717, 1.165) is 30.4 Å². The molecule has 1 aromatic heterocycles. The molecule has 2 rings (SSSR count). The van der Waals surface area contributed by atoms with E-state index in [4.69, 9.17) is 0 Å². The Kier molecular flexibility index (Phi) is 3.44. The molecule has 0 radical (unpaired) electrons. The summed E-state index contributed by atoms with van der Waals surface area (Å²) in [5.41, 5.74) is 0.949. The van der Waals surface area contributed by atoms with Crippen molar-refractivity contribution >= 4 is 5.82 Å². The van der Waals surface area contributed by atoms with Crippen LogP contribution in [0.15, 0.2) is 18.3 Å². The van der Waals surface area contributed by atoms with Gasteiger partial charge < -0.3 is 10.0 Å². The molecule has 88 valence electrons. The second-order valence-corrected chi connectivity index (χ2v) is 4.63. The van der Waals surface area contributed by atoms with Gasteiger partial charge in [-0.2, -0.15) is 0 Å². The monoisotopic (exact) mass is 220 g/mol. The van der Waals surface area contributed by atoms with Crippen LogP contribution in [0.1, 0.15) is 38.4 Å². The Morgan fingerprint density at radius 3 is 3.06 bits per heavy atom. The van der Waals surface area contributed by atoms with Gasteiger partial charge in [-0.05, 0) is 37.0 Å². The maximum absolute atomic E-state index is 9.54. The molecule has 0 aromatic carbocycles. The molecule has 16 heavy (non-hydrogen) atoms. The summed E-state index contributed by atoms with van der Waals surface area (Å²) in [5.74, 6) is 1.81. The summed E-state index contributed by atoms with van der Waals surface area (Å²) in [6.07, 6.45) is 3.88. The van der Waals surface area contributed by atoms with Gasteiger partial charge in [0, 0.05) is 19.3 Å². The van der Waals surface area contributed by atoms with Gasteiger partial charge in [-0.25, -0.2) is 4.98 Å². The van der Waals surface area contributed by atoms with E-state index >= 15 is 0 Å². The summed E-state index contributed by atoms with van der Waals surface area (Å²) in [6, 6.07) is 3.88. The minimum Gasteiger partial charge on any atom is -0.389 e. The van der Waals surface area contributed by atoms with Crippen molar-refractivity contribution in [3.8, 4) is 0 Å². The Labute approximate surface area is 97.1 Å². The van der Waals surface area contributed by atoms with Gasteiger partial charge in [-0.1, -0.05) is 13.3 Å². The average molecular weight is 220 g/mol. The van der Waals surface area contributed by atoms with Crippen LogP contribution in [0, 0.1) is 5.92 Å². The lowest BCUT2D eigenvalue weighted by Gasteiger charge is -2.18. The van der Waals surface area contributed by atoms with Gasteiger partial charge in [-0.15, -0.1) is 0 Å². The molecular formula is C13H20N2O. The fraction of sp³-hybridized carbons (Fsp3) is 0.615. The zero-order valence-electron chi connectivity index (χ0n) is 10.1. The van der Waals surface area contributed by atoms with Gasteiger partial charge in [0.05, 0.1) is 6.10 Å². The SMILES string of the molecule is CCC1CCN(c2cc([C@@H](C)O)ccn2)C1. The summed E-state index contributed by atoms with van der Waals surface area (Å²) >= 11 is 0. The highest BCUT2D eigenvalue weighted by molar-refractivity contribution is 5.42. The Morgan fingerprint density at radius 1 is 1.62 bits per heavy atom. The zero-order chi connectivity index (χ0) is 11.5. The van der Waals surface area contributed by atoms with E-state index in [9.17, 15) is 5.11 Å². The standard InChI is InChI=1S/C13H20N2O/c1-3-11-5-7-15(9-11)13-8-12(10(2)16)4-6-14-13/h4,6,8,10-11,16H,3,5,7,9H2,1-2H3/t10-,11?/m1/s1. The van der Waals surface area contributed by atoms with Crippen molar-refractivity contribution in [3.05, 3.63) is 23.9 Å². The molecular weight excluding hydrogens is 200 g/mol. The molecule has 3 nitrogen and oxygen atoms in total. The van der Waals surface area contributed by atoms with Crippen molar-refractivity contribution in [3.63, 3.8) is 0 Å². The molecule has 1 N–H and O–H groups in total. The van der Waals surface area contributed by atoms with Crippen molar-refractivity contribution in [2.24, 2.45) is 5.92 Å². The number of anilines is 1. The van der Waals surface area contributed by atoms with E-state index in [-0.39, 0.29) is 0 Å². The first-order chi connectivity index (χ1) is 7.70. The average Bonchev–Trinajstić information content (AvgIpc) is 2.77. The second-order valence-electron chi connectivity index (χ2n) is 4.63. The molecule has 1 saturated heterocycles. The third-order valence-corrected chi connectivity index (χ3v) is 3.44. The molecule has 0 saturated carbocycles. The molecule has 1 aliphatic heterocycles. The van der Waals surface area contributed by atoms with E-state index in [1.165, 1.54) is 12.8 Å². The molecule has 0 aliphatic carbocycles. The van der Waals surface area contributed by atoms with Gasteiger partial charge >= 0.3 is 0 Å². The number of hydrogen-bond donors (Lipinski definition) is 1. The Balaban J connectivity index is 2.12. The minimum absolute atomic E-state index is 0.411. The first-order valence-electron chi connectivity index (χ1n) is 6.09. The third-order valence-electron chi connectivity index (χ3n) is 3.44. The number of pyridine rings is 1. The number of nitrogens with zero attached hydrogens (tertiary/aromatic N) is 2. The highest BCUT2D eigenvalue weighted by Crippen LogP contribution is 2.25. The lowest BCUT2D eigenvalue weighted by atomic mass is 10.1. The van der Waals surface area contributed by atoms with E-state index < -0.39 is 6.10 Å². The normalized spacial score (nSPS) is 22.4. The molecule has 2 atom stereocenters. The highest BCUT2D eigenvalue weighted by Gasteiger charge is 2.22. The largest absolute Gasteiger partial charge is 0.389 e. The zero-order valence-corrected chi connectivity index (χ0v) is 10.1. The quantitative estimate of drug-likeness (QED) is 0.849. The summed E-state index contributed by atoms with van der Waals surface area (Å²) in [5, 5.41) is 9.54. The van der Waals surface area contributed by atoms with Crippen LogP contribution in [0.5, 0.6) is 0 Å². The van der Waals surface area contributed by atoms with Crippen molar-refractivity contribution < 1.29 is 5.11 Å². The Hall–Kier alpha value is -1.09. The third kappa shape index (κ3) is 2.35. The molecule has 1 aliphatic rings. The van der Waals surface area contributed by atoms with Gasteiger partial charge in [0.1, 0.15) is 5.82 Å². The van der Waals surface area contributed by atoms with Crippen molar-refractivity contribution in [1.82, 2.24) is 4.98 Å². The number of hydrogen-bond acceptors (Lipinski definition) is 3. The molecule has 2 heterocycles. The van der Waals surface area contributed by atoms with Crippen LogP contribution in [0.25, 0.3) is 0 Å². The first-order valence-corrected chi connectivity index (χ1v) is 6.09. The first kappa shape index (κ1) is 11.4. The number of aliphatic hydroxyl groups excluding tert-OH is 1. The molecule has 3 heteroatoms. The van der Waals surface area contributed by atoms with Crippen LogP contribution in [0.3, 0.4) is 0 Å². The number of aromatic nitrogens is 1. The molecule has 0 amide bonds. The number of rotatable bonds is 3. The van der Waals surface area contributed by atoms with Crippen molar-refractivity contribution in [1.29, 1.82) is 0 Å². The molecule has 0 bridgehead atoms. The van der Waals surface area contributed by atoms with Gasteiger partial charge in [0.2, 0.25) is 0 Å². The fourth-order valence-electron chi connectivity index (χ4n) is 2.24. The van der Waals surface area contributed by atoms with E-state index in [1.807, 2.05) is 12.1 Å². The Morgan fingerprint density at radius 2 is 2.44 bits per heavy atom. The highest BCUT2D eigenvalue weighted by atomic mass is 16.3. The van der Waals surface area contributed by atoms with E-state index in [1.54, 1.807) is 13.1 Å². The predicted molar refractivity (Wildman–Crippen MR) is 65.5 cm³/mol. The van der Waals surface area contributed by atoms with Crippen molar-refractivity contribution in [2.45, 2.75) is 32.8 Å². The second kappa shape index (κ2) is 4.83. The predicted octanol–water partition coefficient (Wildman–Crippen LogP) is 2.37. The smallest absolute Gasteiger partial charge is 0.128 e. The lowest BCUT2D eigenvalue weighted by Crippen LogP contribution is -2.20. The topological polar surface area (TPSA) is 36.4 Å². The lowest BCUT2D eigenvalue weighted by molar-refractivity contribution is 0.199. The van der Waals surface area contributed by atoms with Crippen LogP contribution >= 0.6 is 0 Å². The Bertz CT molecular complexity index is 352. The summed E-state index contributed by atoms with van der Waals surface area (Å²) in [6.45, 7) is 6.23. The molecule has 1 fully saturated rings. The van der Waals surface area contributed by atoms with Crippen LogP contribution in [-0.2, 0) is 0 Å². The fourth-order valence-corrected chi connectivity index (χ4v) is 2.24. The maximum Gasteiger partial charge on any atom is 0.128 e. The van der Waals surface area contributed by atoms with E-state index in [2.05, 4.69) is 16.8 Å². The summed E-state index contributed by atoms with van der Waals surface area (Å²) < 4.78 is 0. The van der Waals surface area contributed by atoms with Gasteiger partial charge in [-0.3, -0.25) is 0 Å². The summed E-state index contributed by atoms with van der Waals surface area (Å²) in [4.78, 5) is 6.71. The maximum atomic E-state index is 9.54. The molecule has 1 aromatic rings. The van der Waals surface area contributed by atoms with Gasteiger partial charge in [0.15, 0.2) is 0 Å².